The summed E-state index contributed by atoms with van der Waals surface area (Å²) in [7, 11) is 0. The minimum absolute atomic E-state index is 0.0396. The molecule has 1 aliphatic heterocycles. The van der Waals surface area contributed by atoms with E-state index in [1.54, 1.807) is 6.07 Å². The Morgan fingerprint density at radius 1 is 0.952 bits per heavy atom. The molecule has 4 aromatic rings. The molecule has 0 saturated heterocycles. The van der Waals surface area contributed by atoms with Crippen molar-refractivity contribution in [1.82, 2.24) is 9.97 Å². The van der Waals surface area contributed by atoms with Crippen molar-refractivity contribution in [2.45, 2.75) is 12.8 Å². The maximum atomic E-state index is 15.1. The topological polar surface area (TPSA) is 141 Å². The number of fused-ring (bicyclic) bond motifs is 3. The summed E-state index contributed by atoms with van der Waals surface area (Å²) in [4.78, 5) is 34.3. The van der Waals surface area contributed by atoms with Crippen LogP contribution in [-0.2, 0) is 9.59 Å². The first kappa shape index (κ1) is 27.1. The highest BCUT2D eigenvalue weighted by Gasteiger charge is 2.56. The van der Waals surface area contributed by atoms with E-state index in [0.29, 0.717) is 46.7 Å². The van der Waals surface area contributed by atoms with Crippen molar-refractivity contribution in [3.63, 3.8) is 0 Å². The number of halogens is 2. The lowest BCUT2D eigenvalue weighted by Gasteiger charge is -2.23. The predicted octanol–water partition coefficient (Wildman–Crippen LogP) is 4.20. The third kappa shape index (κ3) is 5.21. The Bertz CT molecular complexity index is 1680. The quantitative estimate of drug-likeness (QED) is 0.249. The van der Waals surface area contributed by atoms with E-state index in [4.69, 9.17) is 24.1 Å². The normalized spacial score (nSPS) is 14.6. The highest BCUT2D eigenvalue weighted by Crippen LogP contribution is 2.49. The monoisotopic (exact) mass is 578 g/mol. The Labute approximate surface area is 237 Å². The van der Waals surface area contributed by atoms with Gasteiger partial charge in [-0.2, -0.15) is 0 Å². The number of ether oxygens (including phenoxy) is 4. The minimum Gasteiger partial charge on any atom is -0.487 e. The van der Waals surface area contributed by atoms with Crippen molar-refractivity contribution in [3.8, 4) is 28.9 Å². The Balaban J connectivity index is 1.20. The predicted molar refractivity (Wildman–Crippen MR) is 145 cm³/mol. The van der Waals surface area contributed by atoms with Gasteiger partial charge in [0.1, 0.15) is 54.3 Å². The Hall–Kier alpha value is -5.04. The summed E-state index contributed by atoms with van der Waals surface area (Å²) in [5.41, 5.74) is -0.732. The number of hydrogen-bond donors (Lipinski definition) is 3. The zero-order valence-corrected chi connectivity index (χ0v) is 22.0. The van der Waals surface area contributed by atoms with E-state index in [9.17, 15) is 14.0 Å². The van der Waals surface area contributed by atoms with Crippen LogP contribution in [0.2, 0.25) is 0 Å². The molecule has 1 aliphatic carbocycles. The summed E-state index contributed by atoms with van der Waals surface area (Å²) < 4.78 is 51.3. The Morgan fingerprint density at radius 3 is 2.40 bits per heavy atom. The molecule has 11 nitrogen and oxygen atoms in total. The lowest BCUT2D eigenvalue weighted by molar-refractivity contribution is -0.131. The van der Waals surface area contributed by atoms with E-state index in [0.717, 1.165) is 6.07 Å². The fraction of sp³-hybridized carbons (Fsp3) is 0.241. The van der Waals surface area contributed by atoms with Crippen LogP contribution in [-0.4, -0.2) is 53.3 Å². The van der Waals surface area contributed by atoms with Crippen LogP contribution in [0.3, 0.4) is 0 Å². The van der Waals surface area contributed by atoms with Crippen molar-refractivity contribution in [2.75, 3.05) is 37.1 Å². The summed E-state index contributed by atoms with van der Waals surface area (Å²) >= 11 is 0. The van der Waals surface area contributed by atoms with Crippen LogP contribution >= 0.6 is 0 Å². The minimum atomic E-state index is -1.35. The zero-order valence-electron chi connectivity index (χ0n) is 22.0. The van der Waals surface area contributed by atoms with E-state index in [-0.39, 0.29) is 43.7 Å². The summed E-state index contributed by atoms with van der Waals surface area (Å²) in [5.74, 6) is -1.38. The number of rotatable bonds is 9. The van der Waals surface area contributed by atoms with Crippen molar-refractivity contribution in [3.05, 3.63) is 66.5 Å². The van der Waals surface area contributed by atoms with E-state index in [1.165, 1.54) is 42.7 Å². The highest BCUT2D eigenvalue weighted by molar-refractivity contribution is 6.17. The van der Waals surface area contributed by atoms with E-state index in [2.05, 4.69) is 20.6 Å². The van der Waals surface area contributed by atoms with Crippen LogP contribution in [0.15, 0.2) is 54.9 Å². The van der Waals surface area contributed by atoms with Crippen molar-refractivity contribution in [2.24, 2.45) is 5.41 Å². The molecule has 0 radical (unpaired) electrons. The molecule has 1 fully saturated rings. The third-order valence-electron chi connectivity index (χ3n) is 6.82. The number of aliphatic hydroxyl groups is 1. The van der Waals surface area contributed by atoms with Gasteiger partial charge in [0, 0.05) is 17.8 Å². The van der Waals surface area contributed by atoms with Crippen molar-refractivity contribution < 1.29 is 42.4 Å². The number of carbonyl (C=O) groups is 2. The fourth-order valence-electron chi connectivity index (χ4n) is 4.50. The van der Waals surface area contributed by atoms with Gasteiger partial charge in [0.05, 0.1) is 17.8 Å². The molecule has 3 N–H and O–H groups in total. The first-order chi connectivity index (χ1) is 20.4. The summed E-state index contributed by atoms with van der Waals surface area (Å²) in [6, 6.07) is 10.6. The van der Waals surface area contributed by atoms with Crippen LogP contribution in [0, 0.1) is 17.0 Å². The number of anilines is 2. The van der Waals surface area contributed by atoms with Crippen LogP contribution in [0.5, 0.6) is 28.9 Å². The number of benzene rings is 3. The van der Waals surface area contributed by atoms with Gasteiger partial charge in [0.2, 0.25) is 23.4 Å². The summed E-state index contributed by atoms with van der Waals surface area (Å²) in [5, 5.41) is 14.6. The Morgan fingerprint density at radius 2 is 1.69 bits per heavy atom. The molecular formula is C29H24F2N4O7. The largest absolute Gasteiger partial charge is 0.487 e. The number of nitrogens with one attached hydrogen (secondary N) is 2. The number of carbonyl (C=O) groups excluding carboxylic acids is 2. The first-order valence-electron chi connectivity index (χ1n) is 13.0. The van der Waals surface area contributed by atoms with Crippen molar-refractivity contribution in [1.29, 1.82) is 0 Å². The number of nitrogens with zero attached hydrogens (tertiary/aromatic N) is 2. The molecule has 1 aromatic heterocycles. The molecule has 0 spiro atoms. The highest BCUT2D eigenvalue weighted by atomic mass is 19.1. The van der Waals surface area contributed by atoms with Gasteiger partial charge < -0.3 is 34.7 Å². The van der Waals surface area contributed by atoms with Gasteiger partial charge in [-0.25, -0.2) is 18.7 Å². The average molecular weight is 579 g/mol. The van der Waals surface area contributed by atoms with Gasteiger partial charge in [-0.3, -0.25) is 9.59 Å². The molecule has 2 aliphatic rings. The number of aliphatic hydroxyl groups excluding tert-OH is 1. The molecule has 13 heteroatoms. The molecule has 1 saturated carbocycles. The smallest absolute Gasteiger partial charge is 0.240 e. The van der Waals surface area contributed by atoms with E-state index >= 15 is 4.39 Å². The number of amides is 2. The molecule has 3 aromatic carbocycles. The maximum absolute atomic E-state index is 15.1. The van der Waals surface area contributed by atoms with Crippen LogP contribution in [0.4, 0.5) is 20.2 Å². The second-order valence-corrected chi connectivity index (χ2v) is 9.62. The first-order valence-corrected chi connectivity index (χ1v) is 13.0. The average Bonchev–Trinajstić information content (AvgIpc) is 3.81. The van der Waals surface area contributed by atoms with Crippen LogP contribution in [0.25, 0.3) is 10.9 Å². The zero-order chi connectivity index (χ0) is 29.3. The number of aromatic nitrogens is 2. The van der Waals surface area contributed by atoms with E-state index < -0.39 is 28.9 Å². The molecule has 0 bridgehead atoms. The van der Waals surface area contributed by atoms with Crippen LogP contribution in [0.1, 0.15) is 12.8 Å². The molecule has 6 rings (SSSR count). The molecular weight excluding hydrogens is 554 g/mol. The fourth-order valence-corrected chi connectivity index (χ4v) is 4.50. The molecule has 2 heterocycles. The third-order valence-corrected chi connectivity index (χ3v) is 6.82. The van der Waals surface area contributed by atoms with Gasteiger partial charge in [-0.1, -0.05) is 0 Å². The molecule has 216 valence electrons. The maximum Gasteiger partial charge on any atom is 0.240 e. The molecule has 0 unspecified atom stereocenters. The standard InChI is InChI=1S/C29H24F2N4O7/c30-16-1-3-17(4-2-16)34-27(37)29(7-8-29)28(38)35-20-6-5-18(13-19(20)31)42-26-23-21(32-15-33-26)14-22(39-10-9-36)24-25(23)41-12-11-40-24/h1-6,13-15,36H,7-12H2,(H,34,37)(H,35,38). The lowest BCUT2D eigenvalue weighted by Crippen LogP contribution is -2.35. The van der Waals surface area contributed by atoms with Gasteiger partial charge in [-0.15, -0.1) is 0 Å². The summed E-state index contributed by atoms with van der Waals surface area (Å²) in [6.45, 7) is 0.383. The molecule has 0 atom stereocenters. The SMILES string of the molecule is O=C(Nc1ccc(F)cc1)C1(C(=O)Nc2ccc(Oc3ncnc4cc(OCCO)c5c(c34)OCCO5)cc2F)CC1. The molecule has 2 amide bonds. The van der Waals surface area contributed by atoms with Gasteiger partial charge >= 0.3 is 0 Å². The number of hydrogen-bond acceptors (Lipinski definition) is 9. The molecule has 42 heavy (non-hydrogen) atoms. The van der Waals surface area contributed by atoms with Gasteiger partial charge in [0.25, 0.3) is 0 Å². The second kappa shape index (κ2) is 11.1. The summed E-state index contributed by atoms with van der Waals surface area (Å²) in [6.07, 6.45) is 1.84. The lowest BCUT2D eigenvalue weighted by atomic mass is 10.0. The second-order valence-electron chi connectivity index (χ2n) is 9.62. The van der Waals surface area contributed by atoms with Crippen molar-refractivity contribution >= 4 is 34.1 Å². The Kier molecular flexibility index (Phi) is 7.17. The van der Waals surface area contributed by atoms with Gasteiger partial charge in [-0.05, 0) is 49.2 Å². The van der Waals surface area contributed by atoms with Gasteiger partial charge in [0.15, 0.2) is 11.5 Å². The van der Waals surface area contributed by atoms with E-state index in [1.807, 2.05) is 0 Å². The van der Waals surface area contributed by atoms with Crippen LogP contribution < -0.4 is 29.6 Å².